The van der Waals surface area contributed by atoms with Gasteiger partial charge < -0.3 is 5.32 Å². The Morgan fingerprint density at radius 1 is 1.53 bits per heavy atom. The lowest BCUT2D eigenvalue weighted by molar-refractivity contribution is 0.544. The molecule has 0 saturated heterocycles. The summed E-state index contributed by atoms with van der Waals surface area (Å²) in [6.07, 6.45) is 3.55. The van der Waals surface area contributed by atoms with Crippen LogP contribution in [-0.2, 0) is 6.54 Å². The predicted molar refractivity (Wildman–Crippen MR) is 65.3 cm³/mol. The first-order valence-electron chi connectivity index (χ1n) is 5.33. The summed E-state index contributed by atoms with van der Waals surface area (Å²) in [6, 6.07) is 4.65. The molecule has 2 aromatic rings. The summed E-state index contributed by atoms with van der Waals surface area (Å²) in [5.74, 6) is -0.249. The van der Waals surface area contributed by atoms with Crippen LogP contribution in [0.4, 0.5) is 4.39 Å². The van der Waals surface area contributed by atoms with Crippen LogP contribution in [0.5, 0.6) is 0 Å². The molecule has 0 aliphatic rings. The number of hydrogen-bond acceptors (Lipinski definition) is 2. The van der Waals surface area contributed by atoms with E-state index in [1.165, 1.54) is 6.07 Å². The molecular formula is C12H13ClFN3. The molecule has 0 spiro atoms. The number of nitrogens with one attached hydrogen (secondary N) is 2. The third kappa shape index (κ3) is 3.05. The van der Waals surface area contributed by atoms with Crippen LogP contribution in [0.1, 0.15) is 24.1 Å². The monoisotopic (exact) mass is 253 g/mol. The van der Waals surface area contributed by atoms with Crippen LogP contribution in [0.3, 0.4) is 0 Å². The second kappa shape index (κ2) is 5.29. The van der Waals surface area contributed by atoms with Crippen LogP contribution in [0.25, 0.3) is 0 Å². The number of aromatic nitrogens is 2. The highest BCUT2D eigenvalue weighted by Gasteiger charge is 2.08. The molecule has 2 rings (SSSR count). The maximum Gasteiger partial charge on any atom is 0.127 e. The molecule has 0 aliphatic heterocycles. The molecule has 0 aliphatic carbocycles. The van der Waals surface area contributed by atoms with E-state index in [-0.39, 0.29) is 11.9 Å². The van der Waals surface area contributed by atoms with E-state index in [0.717, 1.165) is 5.56 Å². The van der Waals surface area contributed by atoms with E-state index < -0.39 is 0 Å². The van der Waals surface area contributed by atoms with Crippen molar-refractivity contribution in [3.8, 4) is 0 Å². The first-order valence-corrected chi connectivity index (χ1v) is 5.70. The van der Waals surface area contributed by atoms with Crippen LogP contribution < -0.4 is 5.32 Å². The molecule has 1 atom stereocenters. The van der Waals surface area contributed by atoms with E-state index in [4.69, 9.17) is 11.6 Å². The zero-order chi connectivity index (χ0) is 12.3. The average Bonchev–Trinajstić information content (AvgIpc) is 2.83. The van der Waals surface area contributed by atoms with Gasteiger partial charge in [-0.15, -0.1) is 0 Å². The Morgan fingerprint density at radius 2 is 2.35 bits per heavy atom. The fraction of sp³-hybridized carbons (Fsp3) is 0.250. The molecule has 0 saturated carbocycles. The first kappa shape index (κ1) is 12.1. The molecule has 5 heteroatoms. The van der Waals surface area contributed by atoms with Crippen molar-refractivity contribution in [3.05, 3.63) is 52.6 Å². The Hall–Kier alpha value is -1.39. The van der Waals surface area contributed by atoms with Crippen molar-refractivity contribution in [1.29, 1.82) is 0 Å². The second-order valence-electron chi connectivity index (χ2n) is 3.87. The summed E-state index contributed by atoms with van der Waals surface area (Å²) >= 11 is 5.82. The fourth-order valence-corrected chi connectivity index (χ4v) is 1.75. The molecular weight excluding hydrogens is 241 g/mol. The normalized spacial score (nSPS) is 12.6. The topological polar surface area (TPSA) is 40.7 Å². The fourth-order valence-electron chi connectivity index (χ4n) is 1.56. The number of H-pyrrole nitrogens is 1. The van der Waals surface area contributed by atoms with Crippen molar-refractivity contribution >= 4 is 11.6 Å². The standard InChI is InChI=1S/C12H13ClFN3/c1-8(10-6-16-17-7-10)15-5-9-4-11(13)2-3-12(9)14/h2-4,6-8,15H,5H2,1H3,(H,16,17). The lowest BCUT2D eigenvalue weighted by Crippen LogP contribution is -2.18. The molecule has 3 nitrogen and oxygen atoms in total. The quantitative estimate of drug-likeness (QED) is 0.879. The number of rotatable bonds is 4. The summed E-state index contributed by atoms with van der Waals surface area (Å²) in [5, 5.41) is 10.4. The molecule has 0 amide bonds. The molecule has 17 heavy (non-hydrogen) atoms. The van der Waals surface area contributed by atoms with Gasteiger partial charge in [-0.25, -0.2) is 4.39 Å². The number of halogens is 2. The minimum absolute atomic E-state index is 0.104. The number of aromatic amines is 1. The molecule has 1 unspecified atom stereocenters. The smallest absolute Gasteiger partial charge is 0.127 e. The second-order valence-corrected chi connectivity index (χ2v) is 4.31. The molecule has 0 bridgehead atoms. The third-order valence-electron chi connectivity index (χ3n) is 2.63. The minimum Gasteiger partial charge on any atom is -0.306 e. The summed E-state index contributed by atoms with van der Waals surface area (Å²) in [5.41, 5.74) is 1.60. The van der Waals surface area contributed by atoms with Gasteiger partial charge in [-0.05, 0) is 25.1 Å². The molecule has 1 aromatic carbocycles. The Morgan fingerprint density at radius 3 is 3.06 bits per heavy atom. The molecule has 90 valence electrons. The Kier molecular flexibility index (Phi) is 3.76. The van der Waals surface area contributed by atoms with Crippen LogP contribution in [-0.4, -0.2) is 10.2 Å². The Labute approximate surface area is 104 Å². The lowest BCUT2D eigenvalue weighted by Gasteiger charge is -2.12. The van der Waals surface area contributed by atoms with Crippen LogP contribution in [0.15, 0.2) is 30.6 Å². The number of benzene rings is 1. The summed E-state index contributed by atoms with van der Waals surface area (Å²) in [6.45, 7) is 2.42. The highest BCUT2D eigenvalue weighted by Crippen LogP contribution is 2.16. The van der Waals surface area contributed by atoms with Gasteiger partial charge >= 0.3 is 0 Å². The van der Waals surface area contributed by atoms with Crippen molar-refractivity contribution in [2.75, 3.05) is 0 Å². The van der Waals surface area contributed by atoms with Gasteiger partial charge in [-0.2, -0.15) is 5.10 Å². The molecule has 1 aromatic heterocycles. The largest absolute Gasteiger partial charge is 0.306 e. The van der Waals surface area contributed by atoms with Crippen LogP contribution >= 0.6 is 11.6 Å². The van der Waals surface area contributed by atoms with Gasteiger partial charge in [0, 0.05) is 34.9 Å². The summed E-state index contributed by atoms with van der Waals surface area (Å²) < 4.78 is 13.4. The molecule has 0 radical (unpaired) electrons. The van der Waals surface area contributed by atoms with E-state index in [1.54, 1.807) is 18.3 Å². The minimum atomic E-state index is -0.249. The zero-order valence-electron chi connectivity index (χ0n) is 9.37. The van der Waals surface area contributed by atoms with Crippen LogP contribution in [0, 0.1) is 5.82 Å². The maximum atomic E-state index is 13.4. The van der Waals surface area contributed by atoms with Gasteiger partial charge in [0.15, 0.2) is 0 Å². The highest BCUT2D eigenvalue weighted by atomic mass is 35.5. The van der Waals surface area contributed by atoms with E-state index >= 15 is 0 Å². The molecule has 2 N–H and O–H groups in total. The summed E-state index contributed by atoms with van der Waals surface area (Å²) in [4.78, 5) is 0. The lowest BCUT2D eigenvalue weighted by atomic mass is 10.1. The van der Waals surface area contributed by atoms with Crippen molar-refractivity contribution in [2.45, 2.75) is 19.5 Å². The SMILES string of the molecule is CC(NCc1cc(Cl)ccc1F)c1cn[nH]c1. The zero-order valence-corrected chi connectivity index (χ0v) is 10.1. The van der Waals surface area contributed by atoms with Crippen molar-refractivity contribution in [1.82, 2.24) is 15.5 Å². The van der Waals surface area contributed by atoms with Gasteiger partial charge in [0.25, 0.3) is 0 Å². The molecule has 0 fully saturated rings. The average molecular weight is 254 g/mol. The third-order valence-corrected chi connectivity index (χ3v) is 2.86. The van der Waals surface area contributed by atoms with Gasteiger partial charge in [-0.1, -0.05) is 11.6 Å². The maximum absolute atomic E-state index is 13.4. The van der Waals surface area contributed by atoms with Crippen molar-refractivity contribution in [2.24, 2.45) is 0 Å². The van der Waals surface area contributed by atoms with Crippen molar-refractivity contribution in [3.63, 3.8) is 0 Å². The van der Waals surface area contributed by atoms with E-state index in [0.29, 0.717) is 17.1 Å². The predicted octanol–water partition coefficient (Wildman–Crippen LogP) is 3.05. The first-order chi connectivity index (χ1) is 8.16. The van der Waals surface area contributed by atoms with Crippen LogP contribution in [0.2, 0.25) is 5.02 Å². The Bertz CT molecular complexity index is 485. The highest BCUT2D eigenvalue weighted by molar-refractivity contribution is 6.30. The van der Waals surface area contributed by atoms with Crippen molar-refractivity contribution < 1.29 is 4.39 Å². The van der Waals surface area contributed by atoms with Gasteiger partial charge in [0.05, 0.1) is 6.20 Å². The molecule has 1 heterocycles. The number of nitrogens with zero attached hydrogens (tertiary/aromatic N) is 1. The summed E-state index contributed by atoms with van der Waals surface area (Å²) in [7, 11) is 0. The van der Waals surface area contributed by atoms with Gasteiger partial charge in [-0.3, -0.25) is 5.10 Å². The number of hydrogen-bond donors (Lipinski definition) is 2. The van der Waals surface area contributed by atoms with Gasteiger partial charge in [0.1, 0.15) is 5.82 Å². The van der Waals surface area contributed by atoms with E-state index in [1.807, 2.05) is 13.1 Å². The van der Waals surface area contributed by atoms with Gasteiger partial charge in [0.2, 0.25) is 0 Å². The Balaban J connectivity index is 2.00. The van der Waals surface area contributed by atoms with E-state index in [2.05, 4.69) is 15.5 Å². The van der Waals surface area contributed by atoms with E-state index in [9.17, 15) is 4.39 Å².